The number of nitrogens with two attached hydrogens (primary N) is 1. The molecular weight excluding hydrogens is 474 g/mol. The van der Waals surface area contributed by atoms with Crippen LogP contribution in [0.15, 0.2) is 15.0 Å². The van der Waals surface area contributed by atoms with E-state index in [0.29, 0.717) is 29.5 Å². The molecule has 2 aromatic heterocycles. The van der Waals surface area contributed by atoms with Crippen LogP contribution in [0.4, 0.5) is 17.6 Å². The number of alkyl halides is 3. The minimum absolute atomic E-state index is 0.0440. The lowest BCUT2D eigenvalue weighted by Gasteiger charge is -2.31. The van der Waals surface area contributed by atoms with Gasteiger partial charge in [-0.3, -0.25) is 14.3 Å². The molecule has 182 valence electrons. The number of hydrogen-bond acceptors (Lipinski definition) is 5. The number of rotatable bonds is 4. The summed E-state index contributed by atoms with van der Waals surface area (Å²) >= 11 is 1.28. The van der Waals surface area contributed by atoms with Crippen molar-refractivity contribution in [1.29, 1.82) is 0 Å². The highest BCUT2D eigenvalue weighted by Crippen LogP contribution is 2.49. The van der Waals surface area contributed by atoms with Gasteiger partial charge in [-0.25, -0.2) is 9.18 Å². The number of methoxy groups -OCH3 is 1. The molecule has 2 aliphatic rings. The van der Waals surface area contributed by atoms with Crippen LogP contribution in [0.2, 0.25) is 0 Å². The number of thiophene rings is 1. The number of ether oxygens (including phenoxy) is 1. The summed E-state index contributed by atoms with van der Waals surface area (Å²) in [5, 5.41) is 1.57. The van der Waals surface area contributed by atoms with Gasteiger partial charge < -0.3 is 10.5 Å². The molecule has 2 atom stereocenters. The van der Waals surface area contributed by atoms with Crippen molar-refractivity contribution in [3.63, 3.8) is 0 Å². The number of H-pyrrole nitrogens is 1. The second-order valence-electron chi connectivity index (χ2n) is 8.98. The standard InChI is InChI=1S/C23H23F4N3O3S/c1-9-14(12-8-34-13-5-3-4-11(15(12)13)20(28)23(25,26)27)17(24)19(33-2)16-18(9)30(10-6-7-10)22(32)29-21(16)31/h8,10-11,20H,3-7,28H2,1-2H3,(H,29,31,32). The fraction of sp³-hybridized carbons (Fsp3) is 0.478. The predicted molar refractivity (Wildman–Crippen MR) is 121 cm³/mol. The van der Waals surface area contributed by atoms with E-state index in [1.54, 1.807) is 12.3 Å². The molecule has 2 aliphatic carbocycles. The van der Waals surface area contributed by atoms with Crippen LogP contribution in [0.1, 0.15) is 53.6 Å². The van der Waals surface area contributed by atoms with Gasteiger partial charge in [-0.15, -0.1) is 11.3 Å². The Hall–Kier alpha value is -2.66. The SMILES string of the molecule is COc1c(F)c(-c2csc3c2C(C(N)C(F)(F)F)CCC3)c(C)c2c1c(=O)[nH]c(=O)n2C1CC1. The van der Waals surface area contributed by atoms with Crippen molar-refractivity contribution >= 4 is 22.2 Å². The maximum Gasteiger partial charge on any atom is 0.404 e. The number of hydrogen-bond donors (Lipinski definition) is 2. The van der Waals surface area contributed by atoms with Crippen molar-refractivity contribution in [1.82, 2.24) is 9.55 Å². The summed E-state index contributed by atoms with van der Waals surface area (Å²) in [4.78, 5) is 28.4. The van der Waals surface area contributed by atoms with Crippen LogP contribution >= 0.6 is 11.3 Å². The number of nitrogens with zero attached hydrogens (tertiary/aromatic N) is 1. The molecule has 3 N–H and O–H groups in total. The molecule has 6 nitrogen and oxygen atoms in total. The number of halogens is 4. The first-order valence-electron chi connectivity index (χ1n) is 11.0. The number of benzene rings is 1. The highest BCUT2D eigenvalue weighted by Gasteiger charge is 2.45. The third kappa shape index (κ3) is 3.39. The number of aromatic nitrogens is 2. The van der Waals surface area contributed by atoms with E-state index in [1.165, 1.54) is 23.0 Å². The molecule has 0 spiro atoms. The van der Waals surface area contributed by atoms with E-state index in [2.05, 4.69) is 4.98 Å². The molecular formula is C23H23F4N3O3S. The molecule has 3 aromatic rings. The average molecular weight is 498 g/mol. The van der Waals surface area contributed by atoms with Crippen molar-refractivity contribution in [2.24, 2.45) is 5.73 Å². The first-order valence-corrected chi connectivity index (χ1v) is 11.9. The molecule has 0 bridgehead atoms. The van der Waals surface area contributed by atoms with Crippen molar-refractivity contribution in [2.45, 2.75) is 63.2 Å². The minimum atomic E-state index is -4.60. The molecule has 2 unspecified atom stereocenters. The number of fused-ring (bicyclic) bond motifs is 2. The quantitative estimate of drug-likeness (QED) is 0.519. The van der Waals surface area contributed by atoms with Crippen LogP contribution in [0.25, 0.3) is 22.0 Å². The first kappa shape index (κ1) is 23.1. The summed E-state index contributed by atoms with van der Waals surface area (Å²) in [6, 6.07) is -2.23. The van der Waals surface area contributed by atoms with Gasteiger partial charge in [-0.2, -0.15) is 13.2 Å². The van der Waals surface area contributed by atoms with E-state index in [9.17, 15) is 22.8 Å². The van der Waals surface area contributed by atoms with E-state index >= 15 is 4.39 Å². The van der Waals surface area contributed by atoms with Gasteiger partial charge in [0.25, 0.3) is 5.56 Å². The first-order chi connectivity index (χ1) is 16.1. The van der Waals surface area contributed by atoms with E-state index in [1.807, 2.05) is 0 Å². The van der Waals surface area contributed by atoms with E-state index in [0.717, 1.165) is 17.7 Å². The smallest absolute Gasteiger partial charge is 0.404 e. The lowest BCUT2D eigenvalue weighted by atomic mass is 9.78. The number of aryl methyl sites for hydroxylation is 2. The Kier molecular flexibility index (Phi) is 5.40. The zero-order chi connectivity index (χ0) is 24.5. The largest absolute Gasteiger partial charge is 0.493 e. The summed E-state index contributed by atoms with van der Waals surface area (Å²) in [5.74, 6) is -2.20. The Labute approximate surface area is 195 Å². The fourth-order valence-electron chi connectivity index (χ4n) is 5.24. The Morgan fingerprint density at radius 2 is 1.97 bits per heavy atom. The fourth-order valence-corrected chi connectivity index (χ4v) is 6.40. The molecule has 1 aromatic carbocycles. The van der Waals surface area contributed by atoms with Crippen LogP contribution in [-0.2, 0) is 6.42 Å². The second kappa shape index (κ2) is 7.94. The minimum Gasteiger partial charge on any atom is -0.493 e. The Bertz CT molecular complexity index is 1420. The van der Waals surface area contributed by atoms with Gasteiger partial charge in [0.05, 0.1) is 12.6 Å². The van der Waals surface area contributed by atoms with Gasteiger partial charge in [0.15, 0.2) is 11.6 Å². The molecule has 0 amide bonds. The predicted octanol–water partition coefficient (Wildman–Crippen LogP) is 4.52. The maximum atomic E-state index is 16.0. The molecule has 34 heavy (non-hydrogen) atoms. The summed E-state index contributed by atoms with van der Waals surface area (Å²) < 4.78 is 63.5. The molecule has 1 fully saturated rings. The molecule has 2 heterocycles. The maximum absolute atomic E-state index is 16.0. The number of aromatic amines is 1. The van der Waals surface area contributed by atoms with Gasteiger partial charge in [0.1, 0.15) is 11.4 Å². The zero-order valence-electron chi connectivity index (χ0n) is 18.5. The van der Waals surface area contributed by atoms with Crippen molar-refractivity contribution < 1.29 is 22.3 Å². The Balaban J connectivity index is 1.86. The third-order valence-corrected chi connectivity index (χ3v) is 7.98. The van der Waals surface area contributed by atoms with E-state index in [4.69, 9.17) is 10.5 Å². The van der Waals surface area contributed by atoms with Crippen LogP contribution in [0, 0.1) is 12.7 Å². The van der Waals surface area contributed by atoms with Gasteiger partial charge in [0, 0.05) is 22.4 Å². The summed E-state index contributed by atoms with van der Waals surface area (Å²) in [7, 11) is 1.22. The summed E-state index contributed by atoms with van der Waals surface area (Å²) in [6.07, 6.45) is -1.78. The van der Waals surface area contributed by atoms with Crippen LogP contribution in [-0.4, -0.2) is 28.9 Å². The Morgan fingerprint density at radius 3 is 2.59 bits per heavy atom. The van der Waals surface area contributed by atoms with Gasteiger partial charge in [0.2, 0.25) is 0 Å². The molecule has 0 radical (unpaired) electrons. The highest BCUT2D eigenvalue weighted by molar-refractivity contribution is 7.10. The lowest BCUT2D eigenvalue weighted by molar-refractivity contribution is -0.153. The highest BCUT2D eigenvalue weighted by atomic mass is 32.1. The van der Waals surface area contributed by atoms with Crippen molar-refractivity contribution in [3.8, 4) is 16.9 Å². The van der Waals surface area contributed by atoms with Crippen molar-refractivity contribution in [2.75, 3.05) is 7.11 Å². The van der Waals surface area contributed by atoms with Crippen molar-refractivity contribution in [3.05, 3.63) is 48.0 Å². The molecule has 11 heteroatoms. The average Bonchev–Trinajstić information content (AvgIpc) is 3.52. The lowest BCUT2D eigenvalue weighted by Crippen LogP contribution is -2.43. The summed E-state index contributed by atoms with van der Waals surface area (Å²) in [5.41, 5.74) is 5.59. The molecule has 0 saturated heterocycles. The van der Waals surface area contributed by atoms with Gasteiger partial charge in [-0.1, -0.05) is 0 Å². The van der Waals surface area contributed by atoms with Gasteiger partial charge in [-0.05, 0) is 61.1 Å². The zero-order valence-corrected chi connectivity index (χ0v) is 19.3. The van der Waals surface area contributed by atoms with Crippen LogP contribution < -0.4 is 21.7 Å². The molecule has 5 rings (SSSR count). The van der Waals surface area contributed by atoms with E-state index in [-0.39, 0.29) is 34.7 Å². The van der Waals surface area contributed by atoms with Crippen LogP contribution in [0.3, 0.4) is 0 Å². The second-order valence-corrected chi connectivity index (χ2v) is 9.95. The normalized spacial score (nSPS) is 19.3. The topological polar surface area (TPSA) is 90.1 Å². The van der Waals surface area contributed by atoms with Gasteiger partial charge >= 0.3 is 11.9 Å². The Morgan fingerprint density at radius 1 is 1.26 bits per heavy atom. The number of nitrogens with one attached hydrogen (secondary N) is 1. The van der Waals surface area contributed by atoms with E-state index < -0.39 is 35.2 Å². The molecule has 1 saturated carbocycles. The third-order valence-electron chi connectivity index (χ3n) is 6.92. The van der Waals surface area contributed by atoms with Crippen LogP contribution in [0.5, 0.6) is 5.75 Å². The molecule has 0 aliphatic heterocycles. The summed E-state index contributed by atoms with van der Waals surface area (Å²) in [6.45, 7) is 1.59. The monoisotopic (exact) mass is 497 g/mol.